The molecule has 0 saturated heterocycles. The van der Waals surface area contributed by atoms with Gasteiger partial charge < -0.3 is 10.4 Å². The topological polar surface area (TPSA) is 62.2 Å². The van der Waals surface area contributed by atoms with Gasteiger partial charge in [0.1, 0.15) is 5.75 Å². The van der Waals surface area contributed by atoms with E-state index in [-0.39, 0.29) is 11.7 Å². The maximum atomic E-state index is 11.8. The first-order valence-corrected chi connectivity index (χ1v) is 7.27. The smallest absolute Gasteiger partial charge is 0.225 e. The van der Waals surface area contributed by atoms with E-state index in [9.17, 15) is 9.90 Å². The van der Waals surface area contributed by atoms with Gasteiger partial charge in [-0.25, -0.2) is 4.98 Å². The summed E-state index contributed by atoms with van der Waals surface area (Å²) in [5.74, 6) is 0.841. The maximum Gasteiger partial charge on any atom is 0.225 e. The van der Waals surface area contributed by atoms with Crippen molar-refractivity contribution in [2.75, 3.05) is 11.1 Å². The Morgan fingerprint density at radius 3 is 2.90 bits per heavy atom. The lowest BCUT2D eigenvalue weighted by Gasteiger charge is -2.08. The van der Waals surface area contributed by atoms with Gasteiger partial charge in [0.25, 0.3) is 0 Å². The fourth-order valence-corrected chi connectivity index (χ4v) is 2.49. The number of hydrogen-bond acceptors (Lipinski definition) is 4. The molecule has 1 aromatic carbocycles. The summed E-state index contributed by atoms with van der Waals surface area (Å²) in [7, 11) is 0. The summed E-state index contributed by atoms with van der Waals surface area (Å²) in [6.07, 6.45) is 2.16. The standard InChI is InChI=1S/C15H16N2O2S/c1-11-10-12(18)5-6-13(11)17-14(19)7-9-20-15-4-2-3-8-16-15/h2-6,8,10,18H,7,9H2,1H3,(H,17,19). The molecule has 0 fully saturated rings. The van der Waals surface area contributed by atoms with E-state index in [2.05, 4.69) is 10.3 Å². The molecule has 2 rings (SSSR count). The first-order chi connectivity index (χ1) is 9.65. The normalized spacial score (nSPS) is 10.2. The molecule has 0 atom stereocenters. The van der Waals surface area contributed by atoms with Crippen molar-refractivity contribution in [2.45, 2.75) is 18.4 Å². The Labute approximate surface area is 122 Å². The van der Waals surface area contributed by atoms with Crippen LogP contribution in [0, 0.1) is 6.92 Å². The van der Waals surface area contributed by atoms with E-state index in [4.69, 9.17) is 0 Å². The number of anilines is 1. The molecule has 0 unspecified atom stereocenters. The summed E-state index contributed by atoms with van der Waals surface area (Å²) in [6, 6.07) is 10.6. The fourth-order valence-electron chi connectivity index (χ4n) is 1.68. The van der Waals surface area contributed by atoms with Gasteiger partial charge in [0.15, 0.2) is 0 Å². The predicted molar refractivity (Wildman–Crippen MR) is 81.1 cm³/mol. The van der Waals surface area contributed by atoms with Crippen molar-refractivity contribution < 1.29 is 9.90 Å². The molecular formula is C15H16N2O2S. The number of rotatable bonds is 5. The van der Waals surface area contributed by atoms with E-state index in [0.717, 1.165) is 16.3 Å². The number of pyridine rings is 1. The van der Waals surface area contributed by atoms with Crippen LogP contribution in [-0.4, -0.2) is 21.8 Å². The highest BCUT2D eigenvalue weighted by molar-refractivity contribution is 7.99. The Morgan fingerprint density at radius 1 is 1.35 bits per heavy atom. The zero-order valence-corrected chi connectivity index (χ0v) is 12.0. The number of aryl methyl sites for hydroxylation is 1. The minimum atomic E-state index is -0.0396. The van der Waals surface area contributed by atoms with Crippen LogP contribution in [0.2, 0.25) is 0 Å². The van der Waals surface area contributed by atoms with E-state index in [1.807, 2.05) is 25.1 Å². The van der Waals surface area contributed by atoms with Gasteiger partial charge in [-0.15, -0.1) is 11.8 Å². The van der Waals surface area contributed by atoms with Gasteiger partial charge in [-0.3, -0.25) is 4.79 Å². The van der Waals surface area contributed by atoms with Crippen LogP contribution >= 0.6 is 11.8 Å². The molecule has 4 nitrogen and oxygen atoms in total. The molecule has 0 aliphatic heterocycles. The van der Waals surface area contributed by atoms with E-state index in [1.54, 1.807) is 36.2 Å². The third kappa shape index (κ3) is 4.28. The average molecular weight is 288 g/mol. The van der Waals surface area contributed by atoms with Crippen molar-refractivity contribution in [3.05, 3.63) is 48.2 Å². The molecule has 20 heavy (non-hydrogen) atoms. The summed E-state index contributed by atoms with van der Waals surface area (Å²) in [5, 5.41) is 13.1. The lowest BCUT2D eigenvalue weighted by molar-refractivity contribution is -0.115. The van der Waals surface area contributed by atoms with Gasteiger partial charge in [-0.1, -0.05) is 6.07 Å². The summed E-state index contributed by atoms with van der Waals surface area (Å²) < 4.78 is 0. The Kier molecular flexibility index (Phi) is 5.01. The number of aromatic nitrogens is 1. The molecule has 104 valence electrons. The van der Waals surface area contributed by atoms with Crippen LogP contribution in [-0.2, 0) is 4.79 Å². The largest absolute Gasteiger partial charge is 0.508 e. The number of nitrogens with one attached hydrogen (secondary N) is 1. The Hall–Kier alpha value is -2.01. The SMILES string of the molecule is Cc1cc(O)ccc1NC(=O)CCSc1ccccn1. The molecule has 1 amide bonds. The molecule has 0 radical (unpaired) electrons. The number of carbonyl (C=O) groups excluding carboxylic acids is 1. The number of phenolic OH excluding ortho intramolecular Hbond substituents is 1. The minimum absolute atomic E-state index is 0.0396. The molecule has 0 bridgehead atoms. The summed E-state index contributed by atoms with van der Waals surface area (Å²) in [6.45, 7) is 1.85. The van der Waals surface area contributed by atoms with Crippen molar-refractivity contribution >= 4 is 23.4 Å². The molecule has 1 aromatic heterocycles. The van der Waals surface area contributed by atoms with Crippen molar-refractivity contribution in [2.24, 2.45) is 0 Å². The summed E-state index contributed by atoms with van der Waals surface area (Å²) in [5.41, 5.74) is 1.58. The van der Waals surface area contributed by atoms with Crippen molar-refractivity contribution in [1.29, 1.82) is 0 Å². The Bertz CT molecular complexity index is 588. The molecule has 0 aliphatic rings. The lowest BCUT2D eigenvalue weighted by Crippen LogP contribution is -2.13. The first-order valence-electron chi connectivity index (χ1n) is 6.28. The molecule has 2 aromatic rings. The minimum Gasteiger partial charge on any atom is -0.508 e. The number of hydrogen-bond donors (Lipinski definition) is 2. The van der Waals surface area contributed by atoms with Crippen LogP contribution in [0.1, 0.15) is 12.0 Å². The maximum absolute atomic E-state index is 11.8. The predicted octanol–water partition coefficient (Wildman–Crippen LogP) is 3.22. The van der Waals surface area contributed by atoms with E-state index in [1.165, 1.54) is 0 Å². The van der Waals surface area contributed by atoms with Gasteiger partial charge in [0.2, 0.25) is 5.91 Å². The number of thioether (sulfide) groups is 1. The highest BCUT2D eigenvalue weighted by atomic mass is 32.2. The van der Waals surface area contributed by atoms with Gasteiger partial charge in [0, 0.05) is 24.1 Å². The quantitative estimate of drug-likeness (QED) is 0.655. The molecule has 5 heteroatoms. The van der Waals surface area contributed by atoms with E-state index in [0.29, 0.717) is 12.2 Å². The van der Waals surface area contributed by atoms with Crippen LogP contribution in [0.25, 0.3) is 0 Å². The second-order valence-corrected chi connectivity index (χ2v) is 5.43. The first kappa shape index (κ1) is 14.4. The third-order valence-electron chi connectivity index (χ3n) is 2.70. The van der Waals surface area contributed by atoms with Crippen LogP contribution in [0.4, 0.5) is 5.69 Å². The molecule has 1 heterocycles. The second-order valence-electron chi connectivity index (χ2n) is 4.31. The third-order valence-corrected chi connectivity index (χ3v) is 3.65. The number of aromatic hydroxyl groups is 1. The molecule has 0 saturated carbocycles. The van der Waals surface area contributed by atoms with Gasteiger partial charge in [0.05, 0.1) is 5.03 Å². The molecule has 2 N–H and O–H groups in total. The highest BCUT2D eigenvalue weighted by Gasteiger charge is 2.06. The summed E-state index contributed by atoms with van der Waals surface area (Å²) in [4.78, 5) is 16.0. The summed E-state index contributed by atoms with van der Waals surface area (Å²) >= 11 is 1.55. The van der Waals surface area contributed by atoms with Gasteiger partial charge >= 0.3 is 0 Å². The van der Waals surface area contributed by atoms with Crippen LogP contribution in [0.15, 0.2) is 47.6 Å². The van der Waals surface area contributed by atoms with Gasteiger partial charge in [-0.2, -0.15) is 0 Å². The van der Waals surface area contributed by atoms with Crippen LogP contribution in [0.3, 0.4) is 0 Å². The molecule has 0 spiro atoms. The second kappa shape index (κ2) is 6.96. The number of benzene rings is 1. The zero-order valence-electron chi connectivity index (χ0n) is 11.2. The van der Waals surface area contributed by atoms with Crippen molar-refractivity contribution in [3.8, 4) is 5.75 Å². The lowest BCUT2D eigenvalue weighted by atomic mass is 10.2. The number of nitrogens with zero attached hydrogens (tertiary/aromatic N) is 1. The highest BCUT2D eigenvalue weighted by Crippen LogP contribution is 2.21. The van der Waals surface area contributed by atoms with Gasteiger partial charge in [-0.05, 0) is 42.8 Å². The fraction of sp³-hybridized carbons (Fsp3) is 0.200. The zero-order chi connectivity index (χ0) is 14.4. The van der Waals surface area contributed by atoms with E-state index >= 15 is 0 Å². The van der Waals surface area contributed by atoms with Crippen LogP contribution in [0.5, 0.6) is 5.75 Å². The Morgan fingerprint density at radius 2 is 2.20 bits per heavy atom. The van der Waals surface area contributed by atoms with E-state index < -0.39 is 0 Å². The molecule has 0 aliphatic carbocycles. The number of carbonyl (C=O) groups is 1. The van der Waals surface area contributed by atoms with Crippen LogP contribution < -0.4 is 5.32 Å². The number of phenols is 1. The monoisotopic (exact) mass is 288 g/mol. The average Bonchev–Trinajstić information content (AvgIpc) is 2.43. The van der Waals surface area contributed by atoms with Crippen molar-refractivity contribution in [1.82, 2.24) is 4.98 Å². The molecular weight excluding hydrogens is 272 g/mol. The van der Waals surface area contributed by atoms with Crippen molar-refractivity contribution in [3.63, 3.8) is 0 Å². The Balaban J connectivity index is 1.81. The number of amides is 1.